The molecule has 5 nitrogen and oxygen atoms in total. The van der Waals surface area contributed by atoms with Gasteiger partial charge in [-0.2, -0.15) is 15.0 Å². The van der Waals surface area contributed by atoms with Gasteiger partial charge in [0.15, 0.2) is 0 Å². The molecule has 0 unspecified atom stereocenters. The van der Waals surface area contributed by atoms with Crippen LogP contribution in [0.1, 0.15) is 25.7 Å². The number of hydrogen-bond donors (Lipinski definition) is 2. The van der Waals surface area contributed by atoms with Crippen LogP contribution in [-0.4, -0.2) is 21.0 Å². The predicted octanol–water partition coefficient (Wildman–Crippen LogP) is 4.39. The monoisotopic (exact) mass is 367 g/mol. The number of anilines is 3. The molecule has 0 bridgehead atoms. The van der Waals surface area contributed by atoms with Crippen molar-refractivity contribution >= 4 is 45.1 Å². The standard InChI is InChI=1S/C14H15BrClN5/c15-9-4-3-7-11(8-9)18-14-20-12(16)19-13(21-14)17-10-5-1-2-6-10/h3-4,7-8,10H,1-2,5-6H2,(H2,17,18,19,20,21). The van der Waals surface area contributed by atoms with Crippen LogP contribution >= 0.6 is 27.5 Å². The van der Waals surface area contributed by atoms with Gasteiger partial charge in [0.1, 0.15) is 0 Å². The zero-order chi connectivity index (χ0) is 14.7. The van der Waals surface area contributed by atoms with Crippen molar-refractivity contribution in [2.24, 2.45) is 0 Å². The first-order chi connectivity index (χ1) is 10.2. The first-order valence-electron chi connectivity index (χ1n) is 6.90. The quantitative estimate of drug-likeness (QED) is 0.838. The Labute approximate surface area is 136 Å². The van der Waals surface area contributed by atoms with Gasteiger partial charge in [-0.3, -0.25) is 0 Å². The van der Waals surface area contributed by atoms with Crippen molar-refractivity contribution in [1.29, 1.82) is 0 Å². The number of nitrogens with zero attached hydrogens (tertiary/aromatic N) is 3. The number of aromatic nitrogens is 3. The summed E-state index contributed by atoms with van der Waals surface area (Å²) in [6.45, 7) is 0. The van der Waals surface area contributed by atoms with Gasteiger partial charge in [0.05, 0.1) is 0 Å². The van der Waals surface area contributed by atoms with Crippen LogP contribution in [0.25, 0.3) is 0 Å². The Balaban J connectivity index is 1.77. The Hall–Kier alpha value is -1.40. The normalized spacial score (nSPS) is 15.1. The molecule has 7 heteroatoms. The third kappa shape index (κ3) is 4.04. The lowest BCUT2D eigenvalue weighted by Gasteiger charge is -2.12. The highest BCUT2D eigenvalue weighted by atomic mass is 79.9. The van der Waals surface area contributed by atoms with Gasteiger partial charge in [-0.05, 0) is 42.6 Å². The molecule has 1 fully saturated rings. The van der Waals surface area contributed by atoms with Gasteiger partial charge in [-0.25, -0.2) is 0 Å². The zero-order valence-electron chi connectivity index (χ0n) is 11.3. The Bertz CT molecular complexity index is 631. The minimum absolute atomic E-state index is 0.183. The number of hydrogen-bond acceptors (Lipinski definition) is 5. The molecule has 1 aliphatic carbocycles. The third-order valence-electron chi connectivity index (χ3n) is 3.38. The molecule has 1 aromatic carbocycles. The van der Waals surface area contributed by atoms with Crippen LogP contribution in [0.15, 0.2) is 28.7 Å². The van der Waals surface area contributed by atoms with E-state index in [0.717, 1.165) is 23.0 Å². The molecule has 21 heavy (non-hydrogen) atoms. The van der Waals surface area contributed by atoms with Crippen molar-refractivity contribution in [2.45, 2.75) is 31.7 Å². The van der Waals surface area contributed by atoms with Crippen molar-refractivity contribution in [3.63, 3.8) is 0 Å². The lowest BCUT2D eigenvalue weighted by molar-refractivity contribution is 0.742. The van der Waals surface area contributed by atoms with Crippen LogP contribution in [0.3, 0.4) is 0 Å². The average molecular weight is 369 g/mol. The number of benzene rings is 1. The Morgan fingerprint density at radius 1 is 1.10 bits per heavy atom. The van der Waals surface area contributed by atoms with Gasteiger partial charge >= 0.3 is 0 Å². The van der Waals surface area contributed by atoms with Crippen molar-refractivity contribution in [2.75, 3.05) is 10.6 Å². The van der Waals surface area contributed by atoms with Crippen LogP contribution in [-0.2, 0) is 0 Å². The number of nitrogens with one attached hydrogen (secondary N) is 2. The van der Waals surface area contributed by atoms with E-state index in [1.165, 1.54) is 12.8 Å². The fourth-order valence-corrected chi connectivity index (χ4v) is 2.98. The van der Waals surface area contributed by atoms with Gasteiger partial charge in [0.2, 0.25) is 17.2 Å². The first-order valence-corrected chi connectivity index (χ1v) is 8.07. The molecule has 0 spiro atoms. The Kier molecular flexibility index (Phi) is 4.55. The summed E-state index contributed by atoms with van der Waals surface area (Å²) in [5.74, 6) is 0.966. The maximum atomic E-state index is 5.98. The summed E-state index contributed by atoms with van der Waals surface area (Å²) < 4.78 is 0.983. The van der Waals surface area contributed by atoms with Crippen LogP contribution in [0.4, 0.5) is 17.6 Å². The molecule has 2 N–H and O–H groups in total. The van der Waals surface area contributed by atoms with Crippen LogP contribution in [0.5, 0.6) is 0 Å². The van der Waals surface area contributed by atoms with E-state index >= 15 is 0 Å². The maximum absolute atomic E-state index is 5.98. The molecule has 1 saturated carbocycles. The highest BCUT2D eigenvalue weighted by molar-refractivity contribution is 9.10. The van der Waals surface area contributed by atoms with E-state index in [0.29, 0.717) is 17.9 Å². The SMILES string of the molecule is Clc1nc(Nc2cccc(Br)c2)nc(NC2CCCC2)n1. The summed E-state index contributed by atoms with van der Waals surface area (Å²) in [6.07, 6.45) is 4.80. The molecule has 0 aliphatic heterocycles. The molecule has 110 valence electrons. The fraction of sp³-hybridized carbons (Fsp3) is 0.357. The summed E-state index contributed by atoms with van der Waals surface area (Å²) in [5, 5.41) is 6.64. The van der Waals surface area contributed by atoms with E-state index in [-0.39, 0.29) is 5.28 Å². The minimum atomic E-state index is 0.183. The first kappa shape index (κ1) is 14.5. The lowest BCUT2D eigenvalue weighted by atomic mass is 10.3. The molecule has 1 aliphatic rings. The molecule has 0 radical (unpaired) electrons. The average Bonchev–Trinajstić information content (AvgIpc) is 2.90. The van der Waals surface area contributed by atoms with Gasteiger partial charge in [0, 0.05) is 16.2 Å². The highest BCUT2D eigenvalue weighted by Gasteiger charge is 2.16. The summed E-state index contributed by atoms with van der Waals surface area (Å²) in [7, 11) is 0. The molecule has 0 atom stereocenters. The second kappa shape index (κ2) is 6.58. The highest BCUT2D eigenvalue weighted by Crippen LogP contribution is 2.23. The number of rotatable bonds is 4. The largest absolute Gasteiger partial charge is 0.351 e. The third-order valence-corrected chi connectivity index (χ3v) is 4.04. The van der Waals surface area contributed by atoms with E-state index in [4.69, 9.17) is 11.6 Å². The van der Waals surface area contributed by atoms with Gasteiger partial charge in [-0.15, -0.1) is 0 Å². The van der Waals surface area contributed by atoms with Crippen molar-refractivity contribution in [3.8, 4) is 0 Å². The summed E-state index contributed by atoms with van der Waals surface area (Å²) in [6, 6.07) is 8.21. The topological polar surface area (TPSA) is 62.7 Å². The van der Waals surface area contributed by atoms with Gasteiger partial charge in [-0.1, -0.05) is 34.8 Å². The predicted molar refractivity (Wildman–Crippen MR) is 88.1 cm³/mol. The maximum Gasteiger partial charge on any atom is 0.233 e. The van der Waals surface area contributed by atoms with E-state index in [2.05, 4.69) is 41.5 Å². The smallest absolute Gasteiger partial charge is 0.233 e. The minimum Gasteiger partial charge on any atom is -0.351 e. The van der Waals surface area contributed by atoms with E-state index < -0.39 is 0 Å². The summed E-state index contributed by atoms with van der Waals surface area (Å²) in [4.78, 5) is 12.6. The molecular formula is C14H15BrClN5. The fourth-order valence-electron chi connectivity index (χ4n) is 2.42. The molecule has 0 amide bonds. The van der Waals surface area contributed by atoms with Gasteiger partial charge < -0.3 is 10.6 Å². The van der Waals surface area contributed by atoms with E-state index in [1.807, 2.05) is 24.3 Å². The van der Waals surface area contributed by atoms with Crippen LogP contribution < -0.4 is 10.6 Å². The van der Waals surface area contributed by atoms with Gasteiger partial charge in [0.25, 0.3) is 0 Å². The molecule has 1 aromatic heterocycles. The van der Waals surface area contributed by atoms with Crippen molar-refractivity contribution in [1.82, 2.24) is 15.0 Å². The Morgan fingerprint density at radius 3 is 2.62 bits per heavy atom. The molecule has 1 heterocycles. The second-order valence-electron chi connectivity index (χ2n) is 5.01. The molecular weight excluding hydrogens is 354 g/mol. The number of halogens is 2. The second-order valence-corrected chi connectivity index (χ2v) is 6.27. The molecule has 0 saturated heterocycles. The molecule has 3 rings (SSSR count). The summed E-state index contributed by atoms with van der Waals surface area (Å²) in [5.41, 5.74) is 0.887. The molecule has 2 aromatic rings. The van der Waals surface area contributed by atoms with Crippen LogP contribution in [0.2, 0.25) is 5.28 Å². The van der Waals surface area contributed by atoms with Crippen LogP contribution in [0, 0.1) is 0 Å². The van der Waals surface area contributed by atoms with Crippen molar-refractivity contribution in [3.05, 3.63) is 34.0 Å². The Morgan fingerprint density at radius 2 is 1.86 bits per heavy atom. The lowest BCUT2D eigenvalue weighted by Crippen LogP contribution is -2.17. The summed E-state index contributed by atoms with van der Waals surface area (Å²) >= 11 is 9.41. The zero-order valence-corrected chi connectivity index (χ0v) is 13.7. The van der Waals surface area contributed by atoms with E-state index in [9.17, 15) is 0 Å². The van der Waals surface area contributed by atoms with Crippen molar-refractivity contribution < 1.29 is 0 Å². The van der Waals surface area contributed by atoms with E-state index in [1.54, 1.807) is 0 Å².